The van der Waals surface area contributed by atoms with Crippen molar-refractivity contribution in [2.75, 3.05) is 12.8 Å². The second kappa shape index (κ2) is 3.72. The molecule has 0 atom stereocenters. The maximum atomic E-state index is 5.83. The van der Waals surface area contributed by atoms with Crippen LogP contribution in [0.3, 0.4) is 0 Å². The molecule has 3 heteroatoms. The zero-order valence-corrected chi connectivity index (χ0v) is 8.72. The van der Waals surface area contributed by atoms with Gasteiger partial charge in [-0.25, -0.2) is 0 Å². The van der Waals surface area contributed by atoms with Crippen LogP contribution in [0.25, 0.3) is 0 Å². The first-order chi connectivity index (χ1) is 5.65. The van der Waals surface area contributed by atoms with Crippen molar-refractivity contribution in [3.05, 3.63) is 27.7 Å². The molecule has 0 saturated carbocycles. The largest absolute Gasteiger partial charge is 0.398 e. The molecule has 64 valence electrons. The van der Waals surface area contributed by atoms with Crippen LogP contribution < -0.4 is 5.73 Å². The van der Waals surface area contributed by atoms with Gasteiger partial charge in [0.2, 0.25) is 0 Å². The van der Waals surface area contributed by atoms with Crippen molar-refractivity contribution in [3.63, 3.8) is 0 Å². The van der Waals surface area contributed by atoms with Gasteiger partial charge in [-0.2, -0.15) is 0 Å². The van der Waals surface area contributed by atoms with Crippen molar-refractivity contribution in [2.24, 2.45) is 4.99 Å². The maximum Gasteiger partial charge on any atom is 0.0433 e. The van der Waals surface area contributed by atoms with Crippen molar-refractivity contribution < 1.29 is 0 Å². The molecular weight excluding hydrogens is 216 g/mol. The van der Waals surface area contributed by atoms with E-state index in [1.54, 1.807) is 13.3 Å². The van der Waals surface area contributed by atoms with Gasteiger partial charge in [0, 0.05) is 29.0 Å². The van der Waals surface area contributed by atoms with Crippen LogP contribution in [0.2, 0.25) is 0 Å². The summed E-state index contributed by atoms with van der Waals surface area (Å²) >= 11 is 3.40. The monoisotopic (exact) mass is 226 g/mol. The molecular formula is C9H11BrN2. The van der Waals surface area contributed by atoms with Crippen molar-refractivity contribution in [3.8, 4) is 0 Å². The number of nitrogens with zero attached hydrogens (tertiary/aromatic N) is 1. The fourth-order valence-corrected chi connectivity index (χ4v) is 1.62. The lowest BCUT2D eigenvalue weighted by Gasteiger charge is -2.04. The molecule has 0 aliphatic carbocycles. The number of hydrogen-bond acceptors (Lipinski definition) is 2. The number of nitrogens with two attached hydrogens (primary N) is 1. The Morgan fingerprint density at radius 1 is 1.50 bits per heavy atom. The van der Waals surface area contributed by atoms with Crippen molar-refractivity contribution in [1.29, 1.82) is 0 Å². The number of aryl methyl sites for hydroxylation is 1. The van der Waals surface area contributed by atoms with Gasteiger partial charge in [-0.3, -0.25) is 4.99 Å². The third kappa shape index (κ3) is 1.85. The van der Waals surface area contributed by atoms with Gasteiger partial charge < -0.3 is 5.73 Å². The fourth-order valence-electron chi connectivity index (χ4n) is 1.03. The predicted octanol–water partition coefficient (Wildman–Crippen LogP) is 2.39. The van der Waals surface area contributed by atoms with Crippen molar-refractivity contribution >= 4 is 27.8 Å². The van der Waals surface area contributed by atoms with Crippen LogP contribution in [0.1, 0.15) is 11.1 Å². The molecule has 0 fully saturated rings. The minimum absolute atomic E-state index is 0.795. The van der Waals surface area contributed by atoms with Gasteiger partial charge in [-0.15, -0.1) is 0 Å². The molecule has 1 rings (SSSR count). The predicted molar refractivity (Wildman–Crippen MR) is 56.8 cm³/mol. The second-order valence-electron chi connectivity index (χ2n) is 2.61. The molecule has 2 nitrogen and oxygen atoms in total. The molecule has 0 bridgehead atoms. The molecule has 0 aliphatic heterocycles. The average Bonchev–Trinajstić information content (AvgIpc) is 2.00. The first-order valence-electron chi connectivity index (χ1n) is 3.63. The molecule has 0 radical (unpaired) electrons. The number of aliphatic imine (C=N–C) groups is 1. The molecule has 1 aromatic carbocycles. The summed E-state index contributed by atoms with van der Waals surface area (Å²) in [6, 6.07) is 3.94. The minimum atomic E-state index is 0.795. The van der Waals surface area contributed by atoms with Gasteiger partial charge in [0.15, 0.2) is 0 Å². The number of halogens is 1. The Balaban J connectivity index is 3.27. The molecule has 12 heavy (non-hydrogen) atoms. The summed E-state index contributed by atoms with van der Waals surface area (Å²) in [4.78, 5) is 3.92. The van der Waals surface area contributed by atoms with Crippen LogP contribution in [0.15, 0.2) is 21.6 Å². The van der Waals surface area contributed by atoms with Gasteiger partial charge in [0.1, 0.15) is 0 Å². The van der Waals surface area contributed by atoms with E-state index in [9.17, 15) is 0 Å². The third-order valence-electron chi connectivity index (χ3n) is 1.65. The van der Waals surface area contributed by atoms with E-state index in [-0.39, 0.29) is 0 Å². The highest BCUT2D eigenvalue weighted by atomic mass is 79.9. The SMILES string of the molecule is CN=Cc1cc(Br)cc(C)c1N. The molecule has 0 aliphatic rings. The third-order valence-corrected chi connectivity index (χ3v) is 2.11. The lowest BCUT2D eigenvalue weighted by Crippen LogP contribution is -1.96. The Kier molecular flexibility index (Phi) is 2.87. The van der Waals surface area contributed by atoms with E-state index >= 15 is 0 Å². The first kappa shape index (κ1) is 9.26. The molecule has 0 unspecified atom stereocenters. The van der Waals surface area contributed by atoms with Gasteiger partial charge in [0.05, 0.1) is 0 Å². The lowest BCUT2D eigenvalue weighted by molar-refractivity contribution is 1.42. The lowest BCUT2D eigenvalue weighted by atomic mass is 10.1. The van der Waals surface area contributed by atoms with Crippen LogP contribution in [0, 0.1) is 6.92 Å². The number of hydrogen-bond donors (Lipinski definition) is 1. The quantitative estimate of drug-likeness (QED) is 0.580. The fraction of sp³-hybridized carbons (Fsp3) is 0.222. The van der Waals surface area contributed by atoms with E-state index in [4.69, 9.17) is 5.73 Å². The highest BCUT2D eigenvalue weighted by Gasteiger charge is 2.00. The van der Waals surface area contributed by atoms with Crippen LogP contribution in [-0.4, -0.2) is 13.3 Å². The van der Waals surface area contributed by atoms with Gasteiger partial charge in [-0.1, -0.05) is 15.9 Å². The summed E-state index contributed by atoms with van der Waals surface area (Å²) in [6.07, 6.45) is 1.76. The molecule has 0 amide bonds. The van der Waals surface area contributed by atoms with Crippen LogP contribution in [0.5, 0.6) is 0 Å². The Morgan fingerprint density at radius 2 is 2.17 bits per heavy atom. The van der Waals surface area contributed by atoms with Crippen molar-refractivity contribution in [2.45, 2.75) is 6.92 Å². The molecule has 0 heterocycles. The summed E-state index contributed by atoms with van der Waals surface area (Å²) in [5.41, 5.74) is 8.65. The maximum absolute atomic E-state index is 5.83. The van der Waals surface area contributed by atoms with Crippen LogP contribution >= 0.6 is 15.9 Å². The van der Waals surface area contributed by atoms with E-state index in [0.29, 0.717) is 0 Å². The molecule has 0 aromatic heterocycles. The minimum Gasteiger partial charge on any atom is -0.398 e. The van der Waals surface area contributed by atoms with E-state index in [1.165, 1.54) is 0 Å². The normalized spacial score (nSPS) is 10.9. The number of benzene rings is 1. The summed E-state index contributed by atoms with van der Waals surface area (Å²) in [7, 11) is 1.73. The summed E-state index contributed by atoms with van der Waals surface area (Å²) in [6.45, 7) is 1.98. The Labute approximate surface area is 80.6 Å². The smallest absolute Gasteiger partial charge is 0.0433 e. The number of rotatable bonds is 1. The zero-order valence-electron chi connectivity index (χ0n) is 7.13. The highest BCUT2D eigenvalue weighted by Crippen LogP contribution is 2.21. The van der Waals surface area contributed by atoms with Crippen molar-refractivity contribution in [1.82, 2.24) is 0 Å². The van der Waals surface area contributed by atoms with E-state index in [0.717, 1.165) is 21.3 Å². The Bertz CT molecular complexity index is 319. The topological polar surface area (TPSA) is 38.4 Å². The first-order valence-corrected chi connectivity index (χ1v) is 4.42. The van der Waals surface area contributed by atoms with Gasteiger partial charge in [0.25, 0.3) is 0 Å². The van der Waals surface area contributed by atoms with E-state index in [1.807, 2.05) is 19.1 Å². The zero-order chi connectivity index (χ0) is 9.14. The molecule has 2 N–H and O–H groups in total. The summed E-state index contributed by atoms with van der Waals surface area (Å²) in [5.74, 6) is 0. The molecule has 1 aromatic rings. The Morgan fingerprint density at radius 3 is 2.75 bits per heavy atom. The molecule has 0 spiro atoms. The van der Waals surface area contributed by atoms with Gasteiger partial charge in [-0.05, 0) is 24.6 Å². The second-order valence-corrected chi connectivity index (χ2v) is 3.53. The standard InChI is InChI=1S/C9H11BrN2/c1-6-3-8(10)4-7(5-12-2)9(6)11/h3-5H,11H2,1-2H3. The van der Waals surface area contributed by atoms with E-state index < -0.39 is 0 Å². The number of nitrogen functional groups attached to an aromatic ring is 1. The van der Waals surface area contributed by atoms with Crippen LogP contribution in [-0.2, 0) is 0 Å². The Hall–Kier alpha value is -0.830. The summed E-state index contributed by atoms with van der Waals surface area (Å²) in [5, 5.41) is 0. The highest BCUT2D eigenvalue weighted by molar-refractivity contribution is 9.10. The van der Waals surface area contributed by atoms with E-state index in [2.05, 4.69) is 20.9 Å². The van der Waals surface area contributed by atoms with Crippen LogP contribution in [0.4, 0.5) is 5.69 Å². The summed E-state index contributed by atoms with van der Waals surface area (Å²) < 4.78 is 1.03. The van der Waals surface area contributed by atoms with Gasteiger partial charge >= 0.3 is 0 Å². The molecule has 0 saturated heterocycles. The number of anilines is 1. The average molecular weight is 227 g/mol.